The second-order valence-electron chi connectivity index (χ2n) is 7.89. The van der Waals surface area contributed by atoms with Gasteiger partial charge in [0.25, 0.3) is 0 Å². The first kappa shape index (κ1) is 21.0. The van der Waals surface area contributed by atoms with Crippen LogP contribution in [0.1, 0.15) is 71.6 Å². The van der Waals surface area contributed by atoms with Crippen molar-refractivity contribution in [3.63, 3.8) is 0 Å². The van der Waals surface area contributed by atoms with Gasteiger partial charge in [-0.25, -0.2) is 0 Å². The molecule has 27 heavy (non-hydrogen) atoms. The first-order chi connectivity index (χ1) is 12.4. The lowest BCUT2D eigenvalue weighted by molar-refractivity contribution is 0.104. The predicted molar refractivity (Wildman–Crippen MR) is 115 cm³/mol. The van der Waals surface area contributed by atoms with Crippen molar-refractivity contribution in [2.24, 2.45) is 0 Å². The summed E-state index contributed by atoms with van der Waals surface area (Å²) in [7, 11) is 0. The van der Waals surface area contributed by atoms with Crippen molar-refractivity contribution in [3.05, 3.63) is 72.8 Å². The molecule has 0 amide bonds. The molecule has 0 aliphatic carbocycles. The Bertz CT molecular complexity index is 930. The number of ketones is 1. The van der Waals surface area contributed by atoms with Crippen LogP contribution in [-0.2, 0) is 0 Å². The van der Waals surface area contributed by atoms with Crippen LogP contribution in [0.2, 0.25) is 0 Å². The average Bonchev–Trinajstić information content (AvgIpc) is 2.61. The van der Waals surface area contributed by atoms with Gasteiger partial charge < -0.3 is 5.11 Å². The van der Waals surface area contributed by atoms with Crippen molar-refractivity contribution in [2.75, 3.05) is 0 Å². The van der Waals surface area contributed by atoms with Gasteiger partial charge in [0.2, 0.25) is 0 Å². The minimum absolute atomic E-state index is 0.0517. The molecular formula is C25H32O2. The molecule has 0 aliphatic rings. The van der Waals surface area contributed by atoms with Gasteiger partial charge in [-0.15, -0.1) is 0 Å². The van der Waals surface area contributed by atoms with Gasteiger partial charge in [-0.1, -0.05) is 0 Å². The van der Waals surface area contributed by atoms with Crippen LogP contribution in [-0.4, -0.2) is 10.9 Å². The van der Waals surface area contributed by atoms with Crippen LogP contribution in [0.25, 0.3) is 5.76 Å². The minimum atomic E-state index is -0.136. The van der Waals surface area contributed by atoms with E-state index in [-0.39, 0.29) is 11.5 Å². The van der Waals surface area contributed by atoms with Crippen LogP contribution in [0, 0.1) is 69.2 Å². The largest absolute Gasteiger partial charge is 0.507 e. The highest BCUT2D eigenvalue weighted by molar-refractivity contribution is 6.10. The maximum absolute atomic E-state index is 13.1. The molecule has 2 heteroatoms. The summed E-state index contributed by atoms with van der Waals surface area (Å²) in [5.41, 5.74) is 12.6. The van der Waals surface area contributed by atoms with E-state index in [1.807, 2.05) is 27.7 Å². The molecular weight excluding hydrogens is 332 g/mol. The number of benzene rings is 2. The number of carbonyl (C=O) groups excluding carboxylic acids is 1. The van der Waals surface area contributed by atoms with Gasteiger partial charge in [0.15, 0.2) is 5.78 Å². The molecule has 0 unspecified atom stereocenters. The zero-order valence-electron chi connectivity index (χ0n) is 18.4. The molecule has 2 rings (SSSR count). The third kappa shape index (κ3) is 3.34. The number of allylic oxidation sites excluding steroid dienone is 1. The molecule has 2 aromatic rings. The maximum atomic E-state index is 13.1. The lowest BCUT2D eigenvalue weighted by Gasteiger charge is -2.19. The average molecular weight is 365 g/mol. The molecule has 0 heterocycles. The summed E-state index contributed by atoms with van der Waals surface area (Å²) in [4.78, 5) is 13.1. The number of hydrogen-bond donors (Lipinski definition) is 1. The summed E-state index contributed by atoms with van der Waals surface area (Å²) in [5, 5.41) is 10.9. The van der Waals surface area contributed by atoms with Gasteiger partial charge >= 0.3 is 0 Å². The molecule has 0 bridgehead atoms. The van der Waals surface area contributed by atoms with E-state index in [1.165, 1.54) is 17.2 Å². The SMILES string of the molecule is Cc1c(C)c(C)c(C(=O)/C=C(\O)c2c(C)c(C)c(C)c(C)c2C)c(C)c1C. The summed E-state index contributed by atoms with van der Waals surface area (Å²) in [5.74, 6) is -0.0840. The fraction of sp³-hybridized carbons (Fsp3) is 0.400. The van der Waals surface area contributed by atoms with Crippen molar-refractivity contribution < 1.29 is 9.90 Å². The summed E-state index contributed by atoms with van der Waals surface area (Å²) >= 11 is 0. The highest BCUT2D eigenvalue weighted by Gasteiger charge is 2.20. The molecule has 0 aliphatic heterocycles. The summed E-state index contributed by atoms with van der Waals surface area (Å²) < 4.78 is 0. The van der Waals surface area contributed by atoms with Crippen LogP contribution in [0.5, 0.6) is 0 Å². The van der Waals surface area contributed by atoms with Gasteiger partial charge in [0, 0.05) is 17.2 Å². The standard InChI is InChI=1S/C25H32O2/c1-12-14(3)18(7)24(19(8)15(12)4)22(26)11-23(27)25-20(9)16(5)13(2)17(6)21(25)10/h11,26H,1-10H3/b22-11-. The van der Waals surface area contributed by atoms with Crippen molar-refractivity contribution in [1.82, 2.24) is 0 Å². The lowest BCUT2D eigenvalue weighted by atomic mass is 9.86. The van der Waals surface area contributed by atoms with Crippen LogP contribution in [0.4, 0.5) is 0 Å². The number of aliphatic hydroxyl groups is 1. The van der Waals surface area contributed by atoms with Crippen molar-refractivity contribution in [3.8, 4) is 0 Å². The lowest BCUT2D eigenvalue weighted by Crippen LogP contribution is -2.09. The zero-order valence-corrected chi connectivity index (χ0v) is 18.4. The second kappa shape index (κ2) is 7.34. The first-order valence-corrected chi connectivity index (χ1v) is 9.51. The van der Waals surface area contributed by atoms with E-state index in [9.17, 15) is 9.90 Å². The van der Waals surface area contributed by atoms with Gasteiger partial charge in [0.05, 0.1) is 0 Å². The van der Waals surface area contributed by atoms with E-state index >= 15 is 0 Å². The topological polar surface area (TPSA) is 37.3 Å². The smallest absolute Gasteiger partial charge is 0.190 e. The van der Waals surface area contributed by atoms with E-state index < -0.39 is 0 Å². The second-order valence-corrected chi connectivity index (χ2v) is 7.89. The van der Waals surface area contributed by atoms with Crippen molar-refractivity contribution in [2.45, 2.75) is 69.2 Å². The van der Waals surface area contributed by atoms with Gasteiger partial charge in [-0.2, -0.15) is 0 Å². The summed E-state index contributed by atoms with van der Waals surface area (Å²) in [6.07, 6.45) is 1.40. The monoisotopic (exact) mass is 364 g/mol. The molecule has 2 aromatic carbocycles. The molecule has 2 nitrogen and oxygen atoms in total. The number of hydrogen-bond acceptors (Lipinski definition) is 2. The van der Waals surface area contributed by atoms with Crippen LogP contribution in [0.15, 0.2) is 6.08 Å². The zero-order chi connectivity index (χ0) is 20.8. The van der Waals surface area contributed by atoms with Gasteiger partial charge in [-0.05, 0) is 125 Å². The molecule has 0 saturated heterocycles. The number of carbonyl (C=O) groups is 1. The van der Waals surface area contributed by atoms with E-state index in [2.05, 4.69) is 41.5 Å². The highest BCUT2D eigenvalue weighted by Crippen LogP contribution is 2.31. The Morgan fingerprint density at radius 1 is 0.519 bits per heavy atom. The fourth-order valence-electron chi connectivity index (χ4n) is 4.02. The van der Waals surface area contributed by atoms with Gasteiger partial charge in [0.1, 0.15) is 5.76 Å². The molecule has 1 N–H and O–H groups in total. The molecule has 0 fully saturated rings. The normalized spacial score (nSPS) is 11.9. The van der Waals surface area contributed by atoms with E-state index in [0.717, 1.165) is 50.1 Å². The van der Waals surface area contributed by atoms with Crippen LogP contribution < -0.4 is 0 Å². The van der Waals surface area contributed by atoms with Crippen LogP contribution in [0.3, 0.4) is 0 Å². The minimum Gasteiger partial charge on any atom is -0.507 e. The molecule has 0 spiro atoms. The molecule has 0 saturated carbocycles. The quantitative estimate of drug-likeness (QED) is 0.381. The maximum Gasteiger partial charge on any atom is 0.190 e. The Kier molecular flexibility index (Phi) is 5.70. The first-order valence-electron chi connectivity index (χ1n) is 9.51. The third-order valence-electron chi connectivity index (χ3n) is 6.77. The third-order valence-corrected chi connectivity index (χ3v) is 6.77. The molecule has 0 radical (unpaired) electrons. The summed E-state index contributed by atoms with van der Waals surface area (Å²) in [6, 6.07) is 0. The Balaban J connectivity index is 2.68. The Morgan fingerprint density at radius 3 is 1.11 bits per heavy atom. The fourth-order valence-corrected chi connectivity index (χ4v) is 4.02. The van der Waals surface area contributed by atoms with Crippen molar-refractivity contribution >= 4 is 11.5 Å². The van der Waals surface area contributed by atoms with E-state index in [1.54, 1.807) is 0 Å². The Hall–Kier alpha value is -2.35. The Labute approximate surface area is 163 Å². The van der Waals surface area contributed by atoms with E-state index in [0.29, 0.717) is 5.56 Å². The molecule has 0 atom stereocenters. The van der Waals surface area contributed by atoms with Gasteiger partial charge in [-0.3, -0.25) is 4.79 Å². The van der Waals surface area contributed by atoms with Crippen LogP contribution >= 0.6 is 0 Å². The highest BCUT2D eigenvalue weighted by atomic mass is 16.3. The Morgan fingerprint density at radius 2 is 0.778 bits per heavy atom. The number of rotatable bonds is 3. The van der Waals surface area contributed by atoms with Crippen molar-refractivity contribution in [1.29, 1.82) is 0 Å². The van der Waals surface area contributed by atoms with E-state index in [4.69, 9.17) is 0 Å². The molecule has 144 valence electrons. The summed E-state index contributed by atoms with van der Waals surface area (Å²) in [6.45, 7) is 20.4. The number of aliphatic hydroxyl groups excluding tert-OH is 1. The predicted octanol–water partition coefficient (Wildman–Crippen LogP) is 6.55. The molecule has 0 aromatic heterocycles.